The zero-order valence-corrected chi connectivity index (χ0v) is 11.8. The minimum Gasteiger partial charge on any atom is -0.479 e. The molecule has 2 rings (SSSR count). The number of hydrogen-bond acceptors (Lipinski definition) is 3. The molecule has 0 unspecified atom stereocenters. The molecule has 0 saturated carbocycles. The minimum absolute atomic E-state index is 0.368. The van der Waals surface area contributed by atoms with Gasteiger partial charge in [-0.2, -0.15) is 0 Å². The number of likely N-dealkylation sites (N-methyl/N-ethyl adjacent to an activating group) is 1. The van der Waals surface area contributed by atoms with E-state index < -0.39 is 12.1 Å². The first kappa shape index (κ1) is 14.6. The molecular weight excluding hydrogens is 256 g/mol. The Morgan fingerprint density at radius 2 is 2.15 bits per heavy atom. The van der Waals surface area contributed by atoms with Crippen molar-refractivity contribution in [1.29, 1.82) is 0 Å². The van der Waals surface area contributed by atoms with Gasteiger partial charge in [0.2, 0.25) is 0 Å². The molecule has 0 bridgehead atoms. The van der Waals surface area contributed by atoms with Gasteiger partial charge in [0.1, 0.15) is 0 Å². The highest BCUT2D eigenvalue weighted by atomic mass is 16.5. The molecule has 0 saturated heterocycles. The third-order valence-electron chi connectivity index (χ3n) is 3.21. The SMILES string of the molecule is CN(C)CCO[C@@H](Cc1c[nH]c2ccccc12)C(=O)O. The summed E-state index contributed by atoms with van der Waals surface area (Å²) >= 11 is 0. The molecule has 1 atom stereocenters. The largest absolute Gasteiger partial charge is 0.479 e. The first-order valence-electron chi connectivity index (χ1n) is 6.62. The van der Waals surface area contributed by atoms with Crippen molar-refractivity contribution < 1.29 is 14.6 Å². The zero-order valence-electron chi connectivity index (χ0n) is 11.8. The van der Waals surface area contributed by atoms with Crippen LogP contribution >= 0.6 is 0 Å². The first-order valence-corrected chi connectivity index (χ1v) is 6.62. The van der Waals surface area contributed by atoms with Gasteiger partial charge in [0.25, 0.3) is 0 Å². The number of aromatic amines is 1. The number of carboxylic acid groups (broad SMARTS) is 1. The standard InChI is InChI=1S/C15H20N2O3/c1-17(2)7-8-20-14(15(18)19)9-11-10-16-13-6-4-3-5-12(11)13/h3-6,10,14,16H,7-9H2,1-2H3,(H,18,19)/t14-/m0/s1. The fourth-order valence-electron chi connectivity index (χ4n) is 2.10. The molecule has 20 heavy (non-hydrogen) atoms. The van der Waals surface area contributed by atoms with E-state index in [0.29, 0.717) is 19.6 Å². The molecule has 0 aliphatic carbocycles. The highest BCUT2D eigenvalue weighted by Gasteiger charge is 2.20. The van der Waals surface area contributed by atoms with Crippen molar-refractivity contribution in [1.82, 2.24) is 9.88 Å². The number of rotatable bonds is 7. The summed E-state index contributed by atoms with van der Waals surface area (Å²) in [6.07, 6.45) is 1.41. The second-order valence-electron chi connectivity index (χ2n) is 5.06. The lowest BCUT2D eigenvalue weighted by molar-refractivity contribution is -0.150. The molecule has 5 heteroatoms. The molecule has 1 heterocycles. The summed E-state index contributed by atoms with van der Waals surface area (Å²) < 4.78 is 5.48. The van der Waals surface area contributed by atoms with Crippen LogP contribution in [0.25, 0.3) is 10.9 Å². The van der Waals surface area contributed by atoms with Crippen molar-refractivity contribution in [2.75, 3.05) is 27.2 Å². The van der Waals surface area contributed by atoms with Gasteiger partial charge in [0.05, 0.1) is 6.61 Å². The van der Waals surface area contributed by atoms with Gasteiger partial charge in [-0.25, -0.2) is 4.79 Å². The molecule has 0 fully saturated rings. The lowest BCUT2D eigenvalue weighted by Crippen LogP contribution is -2.29. The highest BCUT2D eigenvalue weighted by molar-refractivity contribution is 5.84. The highest BCUT2D eigenvalue weighted by Crippen LogP contribution is 2.19. The van der Waals surface area contributed by atoms with Crippen LogP contribution in [0.1, 0.15) is 5.56 Å². The number of aromatic nitrogens is 1. The van der Waals surface area contributed by atoms with Gasteiger partial charge in [0.15, 0.2) is 6.10 Å². The van der Waals surface area contributed by atoms with Crippen LogP contribution in [0.5, 0.6) is 0 Å². The summed E-state index contributed by atoms with van der Waals surface area (Å²) in [5, 5.41) is 10.3. The number of nitrogens with zero attached hydrogens (tertiary/aromatic N) is 1. The number of para-hydroxylation sites is 1. The Labute approximate surface area is 118 Å². The second-order valence-corrected chi connectivity index (χ2v) is 5.06. The summed E-state index contributed by atoms with van der Waals surface area (Å²) in [6, 6.07) is 7.86. The van der Waals surface area contributed by atoms with Crippen LogP contribution in [0.2, 0.25) is 0 Å². The van der Waals surface area contributed by atoms with E-state index in [-0.39, 0.29) is 0 Å². The van der Waals surface area contributed by atoms with Gasteiger partial charge in [-0.3, -0.25) is 0 Å². The van der Waals surface area contributed by atoms with Crippen LogP contribution < -0.4 is 0 Å². The van der Waals surface area contributed by atoms with E-state index in [4.69, 9.17) is 4.74 Å². The van der Waals surface area contributed by atoms with E-state index in [1.54, 1.807) is 0 Å². The van der Waals surface area contributed by atoms with Crippen molar-refractivity contribution in [3.05, 3.63) is 36.0 Å². The van der Waals surface area contributed by atoms with E-state index >= 15 is 0 Å². The first-order chi connectivity index (χ1) is 9.58. The van der Waals surface area contributed by atoms with Crippen LogP contribution in [0.4, 0.5) is 0 Å². The van der Waals surface area contributed by atoms with E-state index in [9.17, 15) is 9.90 Å². The number of carbonyl (C=O) groups is 1. The van der Waals surface area contributed by atoms with Crippen molar-refractivity contribution in [3.8, 4) is 0 Å². The summed E-state index contributed by atoms with van der Waals surface area (Å²) in [5.74, 6) is -0.922. The van der Waals surface area contributed by atoms with Gasteiger partial charge in [-0.05, 0) is 25.7 Å². The van der Waals surface area contributed by atoms with Crippen molar-refractivity contribution >= 4 is 16.9 Å². The average Bonchev–Trinajstić information content (AvgIpc) is 2.80. The number of nitrogens with one attached hydrogen (secondary N) is 1. The topological polar surface area (TPSA) is 65.6 Å². The number of H-pyrrole nitrogens is 1. The van der Waals surface area contributed by atoms with Crippen molar-refractivity contribution in [2.45, 2.75) is 12.5 Å². The number of aliphatic carboxylic acids is 1. The monoisotopic (exact) mass is 276 g/mol. The summed E-state index contributed by atoms with van der Waals surface area (Å²) in [6.45, 7) is 1.12. The number of ether oxygens (including phenoxy) is 1. The van der Waals surface area contributed by atoms with Gasteiger partial charge in [-0.1, -0.05) is 18.2 Å². The van der Waals surface area contributed by atoms with E-state index in [2.05, 4.69) is 4.98 Å². The molecule has 0 aliphatic rings. The number of benzene rings is 1. The molecule has 0 amide bonds. The molecular formula is C15H20N2O3. The van der Waals surface area contributed by atoms with Gasteiger partial charge >= 0.3 is 5.97 Å². The smallest absolute Gasteiger partial charge is 0.333 e. The van der Waals surface area contributed by atoms with Crippen molar-refractivity contribution in [3.63, 3.8) is 0 Å². The van der Waals surface area contributed by atoms with Gasteiger partial charge < -0.3 is 19.7 Å². The number of carboxylic acids is 1. The van der Waals surface area contributed by atoms with Crippen molar-refractivity contribution in [2.24, 2.45) is 0 Å². The summed E-state index contributed by atoms with van der Waals surface area (Å²) in [4.78, 5) is 16.4. The molecule has 0 aliphatic heterocycles. The molecule has 5 nitrogen and oxygen atoms in total. The van der Waals surface area contributed by atoms with Crippen LogP contribution in [0, 0.1) is 0 Å². The van der Waals surface area contributed by atoms with Crippen LogP contribution in [0.15, 0.2) is 30.5 Å². The van der Waals surface area contributed by atoms with Crippen LogP contribution in [-0.2, 0) is 16.0 Å². The molecule has 2 N–H and O–H groups in total. The normalized spacial score (nSPS) is 12.9. The number of hydrogen-bond donors (Lipinski definition) is 2. The maximum Gasteiger partial charge on any atom is 0.333 e. The second kappa shape index (κ2) is 6.54. The fraction of sp³-hybridized carbons (Fsp3) is 0.400. The summed E-state index contributed by atoms with van der Waals surface area (Å²) in [5.41, 5.74) is 1.98. The molecule has 108 valence electrons. The maximum atomic E-state index is 11.3. The Morgan fingerprint density at radius 3 is 2.85 bits per heavy atom. The summed E-state index contributed by atoms with van der Waals surface area (Å²) in [7, 11) is 3.86. The predicted molar refractivity (Wildman–Crippen MR) is 77.9 cm³/mol. The molecule has 1 aromatic heterocycles. The van der Waals surface area contributed by atoms with Crippen LogP contribution in [-0.4, -0.2) is 54.3 Å². The molecule has 1 aromatic carbocycles. The zero-order chi connectivity index (χ0) is 14.5. The van der Waals surface area contributed by atoms with Crippen LogP contribution in [0.3, 0.4) is 0 Å². The Bertz CT molecular complexity index is 577. The Balaban J connectivity index is 2.06. The van der Waals surface area contributed by atoms with E-state index in [1.165, 1.54) is 0 Å². The lowest BCUT2D eigenvalue weighted by atomic mass is 10.1. The maximum absolute atomic E-state index is 11.3. The Kier molecular flexibility index (Phi) is 4.76. The Morgan fingerprint density at radius 1 is 1.40 bits per heavy atom. The predicted octanol–water partition coefficient (Wildman–Crippen LogP) is 1.74. The minimum atomic E-state index is -0.922. The quantitative estimate of drug-likeness (QED) is 0.808. The molecule has 2 aromatic rings. The average molecular weight is 276 g/mol. The van der Waals surface area contributed by atoms with E-state index in [1.807, 2.05) is 49.5 Å². The third kappa shape index (κ3) is 3.59. The number of fused-ring (bicyclic) bond motifs is 1. The van der Waals surface area contributed by atoms with Gasteiger partial charge in [-0.15, -0.1) is 0 Å². The van der Waals surface area contributed by atoms with E-state index in [0.717, 1.165) is 16.5 Å². The molecule has 0 spiro atoms. The lowest BCUT2D eigenvalue weighted by Gasteiger charge is -2.15. The van der Waals surface area contributed by atoms with Gasteiger partial charge in [0, 0.05) is 30.1 Å². The Hall–Kier alpha value is -1.85. The third-order valence-corrected chi connectivity index (χ3v) is 3.21. The molecule has 0 radical (unpaired) electrons. The fourth-order valence-corrected chi connectivity index (χ4v) is 2.10.